The first-order valence-electron chi connectivity index (χ1n) is 8.17. The number of hydrogen-bond donors (Lipinski definition) is 2. The fourth-order valence-electron chi connectivity index (χ4n) is 3.07. The van der Waals surface area contributed by atoms with Gasteiger partial charge in [-0.3, -0.25) is 14.8 Å². The van der Waals surface area contributed by atoms with E-state index in [1.807, 2.05) is 19.2 Å². The number of H-pyrrole nitrogens is 2. The van der Waals surface area contributed by atoms with Crippen molar-refractivity contribution in [2.75, 3.05) is 19.7 Å². The molecule has 3 aromatic rings. The Bertz CT molecular complexity index is 902. The molecule has 1 saturated heterocycles. The molecule has 0 saturated carbocycles. The summed E-state index contributed by atoms with van der Waals surface area (Å²) in [6, 6.07) is 5.61. The topological polar surface area (TPSA) is 86.9 Å². The number of rotatable bonds is 4. The Morgan fingerprint density at radius 3 is 3.20 bits per heavy atom. The number of thiophene rings is 1. The fraction of sp³-hybridized carbons (Fsp3) is 0.353. The molecule has 0 unspecified atom stereocenters. The smallest absolute Gasteiger partial charge is 0.251 e. The molecule has 8 heteroatoms. The van der Waals surface area contributed by atoms with E-state index in [9.17, 15) is 4.79 Å². The van der Waals surface area contributed by atoms with Gasteiger partial charge in [0, 0.05) is 37.0 Å². The molecule has 3 aromatic heterocycles. The van der Waals surface area contributed by atoms with Gasteiger partial charge in [0.05, 0.1) is 23.4 Å². The van der Waals surface area contributed by atoms with Crippen molar-refractivity contribution in [1.82, 2.24) is 25.1 Å². The van der Waals surface area contributed by atoms with Crippen LogP contribution in [0.15, 0.2) is 34.6 Å². The Kier molecular flexibility index (Phi) is 4.48. The van der Waals surface area contributed by atoms with E-state index in [0.717, 1.165) is 24.3 Å². The lowest BCUT2D eigenvalue weighted by Gasteiger charge is -2.32. The van der Waals surface area contributed by atoms with E-state index in [1.165, 1.54) is 10.9 Å². The van der Waals surface area contributed by atoms with Gasteiger partial charge in [0.15, 0.2) is 0 Å². The van der Waals surface area contributed by atoms with Crippen molar-refractivity contribution < 1.29 is 4.74 Å². The number of aryl methyl sites for hydroxylation is 1. The van der Waals surface area contributed by atoms with Crippen LogP contribution in [-0.4, -0.2) is 44.8 Å². The summed E-state index contributed by atoms with van der Waals surface area (Å²) in [6.07, 6.45) is 1.66. The van der Waals surface area contributed by atoms with Gasteiger partial charge in [-0.2, -0.15) is 5.10 Å². The number of nitrogens with one attached hydrogen (secondary N) is 2. The van der Waals surface area contributed by atoms with Crippen LogP contribution in [0, 0.1) is 6.92 Å². The average Bonchev–Trinajstić information content (AvgIpc) is 3.25. The monoisotopic (exact) mass is 357 g/mol. The van der Waals surface area contributed by atoms with Crippen molar-refractivity contribution in [3.8, 4) is 10.6 Å². The predicted octanol–water partition coefficient (Wildman–Crippen LogP) is 2.10. The second-order valence-corrected chi connectivity index (χ2v) is 7.06. The summed E-state index contributed by atoms with van der Waals surface area (Å²) < 4.78 is 5.83. The van der Waals surface area contributed by atoms with E-state index in [4.69, 9.17) is 4.74 Å². The molecule has 4 rings (SSSR count). The minimum absolute atomic E-state index is 0.141. The number of aromatic amines is 2. The molecule has 130 valence electrons. The van der Waals surface area contributed by atoms with E-state index >= 15 is 0 Å². The van der Waals surface area contributed by atoms with E-state index in [2.05, 4.69) is 36.5 Å². The molecule has 0 aliphatic carbocycles. The number of ether oxygens (including phenoxy) is 1. The summed E-state index contributed by atoms with van der Waals surface area (Å²) in [5.74, 6) is 0.598. The van der Waals surface area contributed by atoms with Crippen LogP contribution >= 0.6 is 11.3 Å². The molecule has 1 fully saturated rings. The van der Waals surface area contributed by atoms with Gasteiger partial charge < -0.3 is 9.72 Å². The second-order valence-electron chi connectivity index (χ2n) is 6.11. The van der Waals surface area contributed by atoms with Crippen LogP contribution < -0.4 is 5.56 Å². The minimum atomic E-state index is -0.224. The maximum absolute atomic E-state index is 11.7. The van der Waals surface area contributed by atoms with E-state index in [-0.39, 0.29) is 11.7 Å². The molecule has 2 N–H and O–H groups in total. The maximum Gasteiger partial charge on any atom is 0.251 e. The standard InChI is InChI=1S/C17H19N5O2S/c1-11-7-15(23)20-17(19-11)13-10-22(4-5-24-13)9-12-8-18-21-16(12)14-3-2-6-25-14/h2-3,6-8,13H,4-5,9-10H2,1H3,(H,18,21)(H,19,20,23)/t13-/m1/s1. The van der Waals surface area contributed by atoms with E-state index in [0.29, 0.717) is 24.7 Å². The molecule has 0 bridgehead atoms. The Balaban J connectivity index is 1.51. The lowest BCUT2D eigenvalue weighted by atomic mass is 10.1. The van der Waals surface area contributed by atoms with Crippen molar-refractivity contribution in [3.05, 3.63) is 57.2 Å². The molecule has 1 aliphatic heterocycles. The highest BCUT2D eigenvalue weighted by molar-refractivity contribution is 7.13. The van der Waals surface area contributed by atoms with Crippen molar-refractivity contribution in [2.45, 2.75) is 19.6 Å². The van der Waals surface area contributed by atoms with Crippen molar-refractivity contribution in [3.63, 3.8) is 0 Å². The molecule has 7 nitrogen and oxygen atoms in total. The van der Waals surface area contributed by atoms with Gasteiger partial charge in [-0.15, -0.1) is 11.3 Å². The highest BCUT2D eigenvalue weighted by Crippen LogP contribution is 2.28. The lowest BCUT2D eigenvalue weighted by molar-refractivity contribution is -0.0373. The third-order valence-corrected chi connectivity index (χ3v) is 5.11. The number of nitrogens with zero attached hydrogens (tertiary/aromatic N) is 3. The van der Waals surface area contributed by atoms with Crippen LogP contribution in [0.5, 0.6) is 0 Å². The van der Waals surface area contributed by atoms with Gasteiger partial charge in [0.25, 0.3) is 5.56 Å². The zero-order valence-electron chi connectivity index (χ0n) is 13.9. The number of aromatic nitrogens is 4. The molecule has 25 heavy (non-hydrogen) atoms. The van der Waals surface area contributed by atoms with Crippen LogP contribution in [-0.2, 0) is 11.3 Å². The van der Waals surface area contributed by atoms with Crippen molar-refractivity contribution in [1.29, 1.82) is 0 Å². The first kappa shape index (κ1) is 16.2. The van der Waals surface area contributed by atoms with Gasteiger partial charge in [-0.1, -0.05) is 6.07 Å². The molecule has 0 amide bonds. The zero-order chi connectivity index (χ0) is 17.2. The zero-order valence-corrected chi connectivity index (χ0v) is 14.7. The van der Waals surface area contributed by atoms with Gasteiger partial charge in [0.1, 0.15) is 11.9 Å². The van der Waals surface area contributed by atoms with Crippen LogP contribution in [0.1, 0.15) is 23.2 Å². The van der Waals surface area contributed by atoms with Gasteiger partial charge in [-0.25, -0.2) is 4.98 Å². The van der Waals surface area contributed by atoms with Crippen LogP contribution in [0.25, 0.3) is 10.6 Å². The van der Waals surface area contributed by atoms with Crippen LogP contribution in [0.3, 0.4) is 0 Å². The lowest BCUT2D eigenvalue weighted by Crippen LogP contribution is -2.39. The third-order valence-electron chi connectivity index (χ3n) is 4.22. The molecule has 0 aromatic carbocycles. The summed E-state index contributed by atoms with van der Waals surface area (Å²) in [5, 5.41) is 9.37. The second kappa shape index (κ2) is 6.91. The average molecular weight is 357 g/mol. The van der Waals surface area contributed by atoms with Gasteiger partial charge in [0.2, 0.25) is 0 Å². The Morgan fingerprint density at radius 2 is 2.40 bits per heavy atom. The van der Waals surface area contributed by atoms with Crippen molar-refractivity contribution in [2.24, 2.45) is 0 Å². The summed E-state index contributed by atoms with van der Waals surface area (Å²) in [5.41, 5.74) is 2.79. The Morgan fingerprint density at radius 1 is 1.48 bits per heavy atom. The maximum atomic E-state index is 11.7. The first-order chi connectivity index (χ1) is 12.2. The SMILES string of the molecule is Cc1cc(=O)[nH]c([C@H]2CN(Cc3cn[nH]c3-c3cccs3)CCO2)n1. The molecule has 1 aliphatic rings. The minimum Gasteiger partial charge on any atom is -0.368 e. The fourth-order valence-corrected chi connectivity index (χ4v) is 3.83. The summed E-state index contributed by atoms with van der Waals surface area (Å²) in [7, 11) is 0. The quantitative estimate of drug-likeness (QED) is 0.747. The molecule has 4 heterocycles. The summed E-state index contributed by atoms with van der Waals surface area (Å²) in [4.78, 5) is 22.4. The molecular formula is C17H19N5O2S. The van der Waals surface area contributed by atoms with E-state index < -0.39 is 0 Å². The summed E-state index contributed by atoms with van der Waals surface area (Å²) in [6.45, 7) is 4.72. The third kappa shape index (κ3) is 3.55. The predicted molar refractivity (Wildman–Crippen MR) is 95.5 cm³/mol. The summed E-state index contributed by atoms with van der Waals surface area (Å²) >= 11 is 1.69. The largest absolute Gasteiger partial charge is 0.368 e. The normalized spacial score (nSPS) is 18.5. The Hall–Kier alpha value is -2.29. The van der Waals surface area contributed by atoms with Crippen molar-refractivity contribution >= 4 is 11.3 Å². The first-order valence-corrected chi connectivity index (χ1v) is 9.05. The highest BCUT2D eigenvalue weighted by atomic mass is 32.1. The van der Waals surface area contributed by atoms with Gasteiger partial charge >= 0.3 is 0 Å². The molecule has 0 radical (unpaired) electrons. The highest BCUT2D eigenvalue weighted by Gasteiger charge is 2.25. The van der Waals surface area contributed by atoms with Crippen LogP contribution in [0.2, 0.25) is 0 Å². The van der Waals surface area contributed by atoms with E-state index in [1.54, 1.807) is 11.3 Å². The number of morpholine rings is 1. The molecular weight excluding hydrogens is 338 g/mol. The molecule has 0 spiro atoms. The molecule has 1 atom stereocenters. The van der Waals surface area contributed by atoms with Crippen LogP contribution in [0.4, 0.5) is 0 Å². The Labute approximate surface area is 148 Å². The number of hydrogen-bond acceptors (Lipinski definition) is 6. The van der Waals surface area contributed by atoms with Gasteiger partial charge in [-0.05, 0) is 18.4 Å².